The number of nitrogens with one attached hydrogen (secondary N) is 2. The summed E-state index contributed by atoms with van der Waals surface area (Å²) < 4.78 is 16.0. The van der Waals surface area contributed by atoms with Gasteiger partial charge in [-0.15, -0.1) is 0 Å². The molecule has 4 rings (SSSR count). The lowest BCUT2D eigenvalue weighted by atomic mass is 10.3. The van der Waals surface area contributed by atoms with Gasteiger partial charge in [0.15, 0.2) is 0 Å². The van der Waals surface area contributed by atoms with Crippen molar-refractivity contribution in [1.82, 2.24) is 15.0 Å². The largest absolute Gasteiger partial charge is 0.497 e. The Labute approximate surface area is 175 Å². The highest BCUT2D eigenvalue weighted by atomic mass is 16.5. The maximum Gasteiger partial charge on any atom is 0.233 e. The standard InChI is InChI=1S/C21H24N6O3/c1-28-17-8-6-15(7-9-17)22-19-24-20(23-16-4-3-5-18(14-16)29-2)26-21(25-19)27-10-12-30-13-11-27/h3-9,14H,10-13H2,1-2H3,(H2,22,23,24,25,26). The van der Waals surface area contributed by atoms with Crippen LogP contribution in [-0.4, -0.2) is 55.5 Å². The number of nitrogens with zero attached hydrogens (tertiary/aromatic N) is 4. The Morgan fingerprint density at radius 3 is 2.13 bits per heavy atom. The van der Waals surface area contributed by atoms with Crippen LogP contribution in [0.15, 0.2) is 48.5 Å². The third-order valence-corrected chi connectivity index (χ3v) is 4.59. The van der Waals surface area contributed by atoms with E-state index in [0.717, 1.165) is 36.0 Å². The molecule has 0 bridgehead atoms. The zero-order chi connectivity index (χ0) is 20.8. The molecular formula is C21H24N6O3. The molecule has 2 aromatic carbocycles. The van der Waals surface area contributed by atoms with Gasteiger partial charge in [-0.25, -0.2) is 0 Å². The van der Waals surface area contributed by atoms with Crippen LogP contribution in [0.4, 0.5) is 29.2 Å². The van der Waals surface area contributed by atoms with Gasteiger partial charge in [0.05, 0.1) is 27.4 Å². The molecule has 9 nitrogen and oxygen atoms in total. The molecule has 0 aliphatic carbocycles. The fourth-order valence-corrected chi connectivity index (χ4v) is 3.01. The van der Waals surface area contributed by atoms with Crippen LogP contribution in [0.5, 0.6) is 11.5 Å². The lowest BCUT2D eigenvalue weighted by molar-refractivity contribution is 0.122. The SMILES string of the molecule is COc1ccc(Nc2nc(Nc3cccc(OC)c3)nc(N3CCOCC3)n2)cc1. The van der Waals surface area contributed by atoms with Crippen molar-refractivity contribution in [3.05, 3.63) is 48.5 Å². The van der Waals surface area contributed by atoms with Crippen molar-refractivity contribution in [2.45, 2.75) is 0 Å². The number of rotatable bonds is 7. The molecule has 0 unspecified atom stereocenters. The maximum atomic E-state index is 5.45. The summed E-state index contributed by atoms with van der Waals surface area (Å²) in [7, 11) is 3.27. The zero-order valence-electron chi connectivity index (χ0n) is 17.0. The van der Waals surface area contributed by atoms with Gasteiger partial charge < -0.3 is 29.7 Å². The first kappa shape index (κ1) is 19.7. The molecule has 0 saturated carbocycles. The Kier molecular flexibility index (Phi) is 6.09. The number of morpholine rings is 1. The number of hydrogen-bond acceptors (Lipinski definition) is 9. The average molecular weight is 408 g/mol. The summed E-state index contributed by atoms with van der Waals surface area (Å²) >= 11 is 0. The topological polar surface area (TPSA) is 93.7 Å². The molecule has 1 aliphatic rings. The molecule has 30 heavy (non-hydrogen) atoms. The predicted molar refractivity (Wildman–Crippen MR) is 115 cm³/mol. The third-order valence-electron chi connectivity index (χ3n) is 4.59. The molecule has 0 spiro atoms. The van der Waals surface area contributed by atoms with Crippen molar-refractivity contribution in [3.8, 4) is 11.5 Å². The van der Waals surface area contributed by atoms with Gasteiger partial charge in [-0.3, -0.25) is 0 Å². The molecule has 1 aromatic heterocycles. The van der Waals surface area contributed by atoms with Crippen LogP contribution in [0.2, 0.25) is 0 Å². The third kappa shape index (κ3) is 4.87. The first-order valence-electron chi connectivity index (χ1n) is 9.64. The molecule has 1 aliphatic heterocycles. The molecule has 1 fully saturated rings. The van der Waals surface area contributed by atoms with Crippen LogP contribution in [0.25, 0.3) is 0 Å². The van der Waals surface area contributed by atoms with Gasteiger partial charge in [0.1, 0.15) is 11.5 Å². The lowest BCUT2D eigenvalue weighted by Gasteiger charge is -2.27. The summed E-state index contributed by atoms with van der Waals surface area (Å²) in [5, 5.41) is 6.49. The van der Waals surface area contributed by atoms with E-state index < -0.39 is 0 Å². The normalized spacial score (nSPS) is 13.6. The summed E-state index contributed by atoms with van der Waals surface area (Å²) in [6.07, 6.45) is 0. The monoisotopic (exact) mass is 408 g/mol. The second kappa shape index (κ2) is 9.27. The van der Waals surface area contributed by atoms with Gasteiger partial charge in [-0.05, 0) is 36.4 Å². The van der Waals surface area contributed by atoms with Crippen LogP contribution in [0.3, 0.4) is 0 Å². The summed E-state index contributed by atoms with van der Waals surface area (Å²) in [4.78, 5) is 15.9. The number of methoxy groups -OCH3 is 2. The molecule has 156 valence electrons. The number of aromatic nitrogens is 3. The van der Waals surface area contributed by atoms with Gasteiger partial charge in [0.2, 0.25) is 17.8 Å². The fourth-order valence-electron chi connectivity index (χ4n) is 3.01. The van der Waals surface area contributed by atoms with Crippen molar-refractivity contribution in [3.63, 3.8) is 0 Å². The number of anilines is 5. The van der Waals surface area contributed by atoms with E-state index in [1.54, 1.807) is 14.2 Å². The zero-order valence-corrected chi connectivity index (χ0v) is 17.0. The van der Waals surface area contributed by atoms with Crippen molar-refractivity contribution < 1.29 is 14.2 Å². The lowest BCUT2D eigenvalue weighted by Crippen LogP contribution is -2.37. The van der Waals surface area contributed by atoms with Crippen LogP contribution in [-0.2, 0) is 4.74 Å². The van der Waals surface area contributed by atoms with Gasteiger partial charge in [0, 0.05) is 30.5 Å². The van der Waals surface area contributed by atoms with E-state index in [1.165, 1.54) is 0 Å². The van der Waals surface area contributed by atoms with Gasteiger partial charge in [-0.1, -0.05) is 6.07 Å². The number of benzene rings is 2. The van der Waals surface area contributed by atoms with E-state index in [0.29, 0.717) is 31.1 Å². The molecule has 2 N–H and O–H groups in total. The van der Waals surface area contributed by atoms with E-state index in [9.17, 15) is 0 Å². The quantitative estimate of drug-likeness (QED) is 0.611. The second-order valence-electron chi connectivity index (χ2n) is 6.59. The fraction of sp³-hybridized carbons (Fsp3) is 0.286. The van der Waals surface area contributed by atoms with E-state index >= 15 is 0 Å². The van der Waals surface area contributed by atoms with E-state index in [2.05, 4.69) is 30.5 Å². The van der Waals surface area contributed by atoms with Gasteiger partial charge in [0.25, 0.3) is 0 Å². The van der Waals surface area contributed by atoms with Gasteiger partial charge in [-0.2, -0.15) is 15.0 Å². The second-order valence-corrected chi connectivity index (χ2v) is 6.59. The van der Waals surface area contributed by atoms with Gasteiger partial charge >= 0.3 is 0 Å². The Bertz CT molecular complexity index is 977. The minimum absolute atomic E-state index is 0.441. The first-order valence-corrected chi connectivity index (χ1v) is 9.64. The maximum absolute atomic E-state index is 5.45. The van der Waals surface area contributed by atoms with Crippen LogP contribution >= 0.6 is 0 Å². The summed E-state index contributed by atoms with van der Waals surface area (Å²) in [5.74, 6) is 3.01. The van der Waals surface area contributed by atoms with E-state index in [1.807, 2.05) is 48.5 Å². The Hall–Kier alpha value is -3.59. The smallest absolute Gasteiger partial charge is 0.233 e. The molecule has 0 atom stereocenters. The highest BCUT2D eigenvalue weighted by Crippen LogP contribution is 2.24. The van der Waals surface area contributed by atoms with Crippen molar-refractivity contribution in [2.75, 3.05) is 56.1 Å². The minimum Gasteiger partial charge on any atom is -0.497 e. The number of ether oxygens (including phenoxy) is 3. The highest BCUT2D eigenvalue weighted by molar-refractivity contribution is 5.61. The molecule has 1 saturated heterocycles. The summed E-state index contributed by atoms with van der Waals surface area (Å²) in [5.41, 5.74) is 1.67. The van der Waals surface area contributed by atoms with E-state index in [-0.39, 0.29) is 0 Å². The molecular weight excluding hydrogens is 384 g/mol. The Morgan fingerprint density at radius 2 is 1.47 bits per heavy atom. The molecule has 0 radical (unpaired) electrons. The van der Waals surface area contributed by atoms with Crippen molar-refractivity contribution in [1.29, 1.82) is 0 Å². The number of hydrogen-bond donors (Lipinski definition) is 2. The molecule has 3 aromatic rings. The molecule has 2 heterocycles. The molecule has 0 amide bonds. The Balaban J connectivity index is 1.62. The van der Waals surface area contributed by atoms with Crippen molar-refractivity contribution in [2.24, 2.45) is 0 Å². The van der Waals surface area contributed by atoms with Crippen LogP contribution in [0, 0.1) is 0 Å². The van der Waals surface area contributed by atoms with E-state index in [4.69, 9.17) is 14.2 Å². The summed E-state index contributed by atoms with van der Waals surface area (Å²) in [6, 6.07) is 15.2. The molecule has 9 heteroatoms. The Morgan fingerprint density at radius 1 is 0.800 bits per heavy atom. The van der Waals surface area contributed by atoms with Crippen LogP contribution in [0.1, 0.15) is 0 Å². The predicted octanol–water partition coefficient (Wildman–Crippen LogP) is 3.21. The average Bonchev–Trinajstić information content (AvgIpc) is 2.80. The summed E-state index contributed by atoms with van der Waals surface area (Å²) in [6.45, 7) is 2.74. The highest BCUT2D eigenvalue weighted by Gasteiger charge is 2.17. The first-order chi connectivity index (χ1) is 14.7. The van der Waals surface area contributed by atoms with Crippen LogP contribution < -0.4 is 25.0 Å². The minimum atomic E-state index is 0.441. The van der Waals surface area contributed by atoms with Crippen molar-refractivity contribution >= 4 is 29.2 Å².